The van der Waals surface area contributed by atoms with E-state index in [1.807, 2.05) is 42.5 Å². The van der Waals surface area contributed by atoms with Crippen molar-refractivity contribution in [3.8, 4) is 0 Å². The van der Waals surface area contributed by atoms with Gasteiger partial charge in [-0.05, 0) is 24.1 Å². The second kappa shape index (κ2) is 7.71. The van der Waals surface area contributed by atoms with E-state index in [4.69, 9.17) is 12.2 Å². The number of rotatable bonds is 5. The number of thiocarbonyl (C=S) groups is 1. The summed E-state index contributed by atoms with van der Waals surface area (Å²) in [5.41, 5.74) is 3.35. The quantitative estimate of drug-likeness (QED) is 0.426. The highest BCUT2D eigenvalue weighted by atomic mass is 32.2. The van der Waals surface area contributed by atoms with E-state index >= 15 is 0 Å². The Morgan fingerprint density at radius 2 is 1.81 bits per heavy atom. The zero-order valence-corrected chi connectivity index (χ0v) is 16.7. The van der Waals surface area contributed by atoms with E-state index in [1.54, 1.807) is 4.90 Å². The third-order valence-electron chi connectivity index (χ3n) is 4.63. The number of nitrogens with zero attached hydrogens (tertiary/aromatic N) is 2. The molecule has 0 saturated carbocycles. The Balaban J connectivity index is 1.66. The van der Waals surface area contributed by atoms with Crippen molar-refractivity contribution in [3.63, 3.8) is 0 Å². The number of carbonyl (C=O) groups is 1. The third-order valence-corrected chi connectivity index (χ3v) is 6.01. The summed E-state index contributed by atoms with van der Waals surface area (Å²) in [5.74, 6) is -0.0128. The van der Waals surface area contributed by atoms with Gasteiger partial charge in [-0.15, -0.1) is 0 Å². The standard InChI is InChI=1S/C22H20N2OS2/c1-2-12-23-15-17(18-10-6-7-11-19(18)23)13-20-21(25)24(22(26)27-20)14-16-8-4-3-5-9-16/h3-11,13,15H,2,12,14H2,1H3/b20-13+. The van der Waals surface area contributed by atoms with Crippen LogP contribution >= 0.6 is 24.0 Å². The molecule has 1 fully saturated rings. The molecular formula is C22H20N2OS2. The van der Waals surface area contributed by atoms with E-state index in [-0.39, 0.29) is 5.91 Å². The second-order valence-electron chi connectivity index (χ2n) is 6.55. The van der Waals surface area contributed by atoms with Crippen LogP contribution in [0.1, 0.15) is 24.5 Å². The Bertz CT molecular complexity index is 1040. The third kappa shape index (κ3) is 3.57. The predicted molar refractivity (Wildman–Crippen MR) is 117 cm³/mol. The molecule has 1 aliphatic heterocycles. The summed E-state index contributed by atoms with van der Waals surface area (Å²) in [6.45, 7) is 3.65. The maximum absolute atomic E-state index is 12.9. The number of amides is 1. The molecule has 0 bridgehead atoms. The van der Waals surface area contributed by atoms with Crippen LogP contribution in [0.15, 0.2) is 65.7 Å². The van der Waals surface area contributed by atoms with Crippen molar-refractivity contribution in [2.45, 2.75) is 26.4 Å². The van der Waals surface area contributed by atoms with Crippen LogP contribution in [0, 0.1) is 0 Å². The normalized spacial score (nSPS) is 16.0. The lowest BCUT2D eigenvalue weighted by Crippen LogP contribution is -2.27. The van der Waals surface area contributed by atoms with Gasteiger partial charge < -0.3 is 4.57 Å². The van der Waals surface area contributed by atoms with E-state index in [2.05, 4.69) is 35.9 Å². The van der Waals surface area contributed by atoms with Crippen molar-refractivity contribution < 1.29 is 4.79 Å². The van der Waals surface area contributed by atoms with Crippen LogP contribution in [-0.4, -0.2) is 19.7 Å². The number of aryl methyl sites for hydroxylation is 1. The Morgan fingerprint density at radius 3 is 2.59 bits per heavy atom. The molecule has 136 valence electrons. The fourth-order valence-electron chi connectivity index (χ4n) is 3.36. The average molecular weight is 393 g/mol. The monoisotopic (exact) mass is 392 g/mol. The van der Waals surface area contributed by atoms with Gasteiger partial charge in [0.15, 0.2) is 0 Å². The van der Waals surface area contributed by atoms with Crippen LogP contribution < -0.4 is 0 Å². The molecule has 27 heavy (non-hydrogen) atoms. The lowest BCUT2D eigenvalue weighted by molar-refractivity contribution is -0.122. The molecule has 1 amide bonds. The smallest absolute Gasteiger partial charge is 0.266 e. The Labute approximate surface area is 168 Å². The molecule has 1 aromatic heterocycles. The van der Waals surface area contributed by atoms with Crippen LogP contribution in [0.25, 0.3) is 17.0 Å². The maximum atomic E-state index is 12.9. The zero-order chi connectivity index (χ0) is 18.8. The van der Waals surface area contributed by atoms with Crippen molar-refractivity contribution in [2.75, 3.05) is 0 Å². The highest BCUT2D eigenvalue weighted by Crippen LogP contribution is 2.35. The number of aromatic nitrogens is 1. The number of carbonyl (C=O) groups excluding carboxylic acids is 1. The summed E-state index contributed by atoms with van der Waals surface area (Å²) in [4.78, 5) is 15.3. The van der Waals surface area contributed by atoms with Gasteiger partial charge in [-0.25, -0.2) is 0 Å². The highest BCUT2D eigenvalue weighted by molar-refractivity contribution is 8.26. The molecule has 1 saturated heterocycles. The summed E-state index contributed by atoms with van der Waals surface area (Å²) >= 11 is 6.86. The topological polar surface area (TPSA) is 25.2 Å². The molecule has 0 radical (unpaired) electrons. The number of para-hydroxylation sites is 1. The number of hydrogen-bond donors (Lipinski definition) is 0. The van der Waals surface area contributed by atoms with Crippen LogP contribution in [0.4, 0.5) is 0 Å². The largest absolute Gasteiger partial charge is 0.347 e. The molecule has 0 aliphatic carbocycles. The minimum Gasteiger partial charge on any atom is -0.347 e. The molecule has 3 nitrogen and oxygen atoms in total. The first-order valence-corrected chi connectivity index (χ1v) is 10.3. The van der Waals surface area contributed by atoms with Crippen molar-refractivity contribution in [3.05, 3.63) is 76.8 Å². The molecule has 0 atom stereocenters. The first kappa shape index (κ1) is 18.0. The number of benzene rings is 2. The van der Waals surface area contributed by atoms with Crippen LogP contribution in [0.5, 0.6) is 0 Å². The van der Waals surface area contributed by atoms with Gasteiger partial charge in [0.1, 0.15) is 4.32 Å². The summed E-state index contributed by atoms with van der Waals surface area (Å²) in [6, 6.07) is 18.3. The average Bonchev–Trinajstić information content (AvgIpc) is 3.16. The molecule has 3 aromatic rings. The summed E-state index contributed by atoms with van der Waals surface area (Å²) in [7, 11) is 0. The lowest BCUT2D eigenvalue weighted by atomic mass is 10.1. The number of hydrogen-bond acceptors (Lipinski definition) is 3. The molecule has 2 aromatic carbocycles. The first-order valence-electron chi connectivity index (χ1n) is 9.04. The van der Waals surface area contributed by atoms with Crippen molar-refractivity contribution in [1.29, 1.82) is 0 Å². The van der Waals surface area contributed by atoms with Crippen molar-refractivity contribution in [1.82, 2.24) is 9.47 Å². The predicted octanol–water partition coefficient (Wildman–Crippen LogP) is 5.45. The fraction of sp³-hybridized carbons (Fsp3) is 0.182. The molecular weight excluding hydrogens is 372 g/mol. The van der Waals surface area contributed by atoms with Gasteiger partial charge in [0, 0.05) is 29.2 Å². The molecule has 4 rings (SSSR count). The molecule has 5 heteroatoms. The maximum Gasteiger partial charge on any atom is 0.266 e. The Hall–Kier alpha value is -2.37. The van der Waals surface area contributed by atoms with Crippen LogP contribution in [0.2, 0.25) is 0 Å². The van der Waals surface area contributed by atoms with Gasteiger partial charge in [0.2, 0.25) is 0 Å². The molecule has 0 spiro atoms. The molecule has 1 aliphatic rings. The van der Waals surface area contributed by atoms with Crippen LogP contribution in [-0.2, 0) is 17.9 Å². The minimum absolute atomic E-state index is 0.0128. The first-order chi connectivity index (χ1) is 13.2. The highest BCUT2D eigenvalue weighted by Gasteiger charge is 2.32. The number of fused-ring (bicyclic) bond motifs is 1. The van der Waals surface area contributed by atoms with Crippen molar-refractivity contribution >= 4 is 51.2 Å². The Morgan fingerprint density at radius 1 is 1.07 bits per heavy atom. The summed E-state index contributed by atoms with van der Waals surface area (Å²) < 4.78 is 2.87. The fourth-order valence-corrected chi connectivity index (χ4v) is 4.61. The zero-order valence-electron chi connectivity index (χ0n) is 15.1. The molecule has 0 unspecified atom stereocenters. The summed E-state index contributed by atoms with van der Waals surface area (Å²) in [5, 5.41) is 1.17. The van der Waals surface area contributed by atoms with Gasteiger partial charge >= 0.3 is 0 Å². The van der Waals surface area contributed by atoms with Crippen molar-refractivity contribution in [2.24, 2.45) is 0 Å². The SMILES string of the molecule is CCCn1cc(/C=C2/SC(=S)N(Cc3ccccc3)C2=O)c2ccccc21. The van der Waals surface area contributed by atoms with Gasteiger partial charge in [0.05, 0.1) is 11.4 Å². The van der Waals surface area contributed by atoms with Gasteiger partial charge in [-0.3, -0.25) is 9.69 Å². The molecule has 2 heterocycles. The van der Waals surface area contributed by atoms with E-state index in [0.29, 0.717) is 15.8 Å². The second-order valence-corrected chi connectivity index (χ2v) is 8.22. The molecule has 0 N–H and O–H groups in total. The lowest BCUT2D eigenvalue weighted by Gasteiger charge is -2.14. The van der Waals surface area contributed by atoms with E-state index in [1.165, 1.54) is 22.7 Å². The van der Waals surface area contributed by atoms with Gasteiger partial charge in [-0.2, -0.15) is 0 Å². The van der Waals surface area contributed by atoms with E-state index in [9.17, 15) is 4.79 Å². The minimum atomic E-state index is -0.0128. The Kier molecular flexibility index (Phi) is 5.14. The van der Waals surface area contributed by atoms with Gasteiger partial charge in [0.25, 0.3) is 5.91 Å². The number of thioether (sulfide) groups is 1. The van der Waals surface area contributed by atoms with Gasteiger partial charge in [-0.1, -0.05) is 79.4 Å². The van der Waals surface area contributed by atoms with Crippen LogP contribution in [0.3, 0.4) is 0 Å². The van der Waals surface area contributed by atoms with E-state index in [0.717, 1.165) is 24.1 Å². The van der Waals surface area contributed by atoms with E-state index < -0.39 is 0 Å². The summed E-state index contributed by atoms with van der Waals surface area (Å²) in [6.07, 6.45) is 5.19.